The van der Waals surface area contributed by atoms with Crippen molar-refractivity contribution in [3.05, 3.63) is 29.6 Å². The summed E-state index contributed by atoms with van der Waals surface area (Å²) in [5, 5.41) is 18.4. The second-order valence-corrected chi connectivity index (χ2v) is 4.26. The highest BCUT2D eigenvalue weighted by Gasteiger charge is 2.44. The van der Waals surface area contributed by atoms with E-state index in [9.17, 15) is 14.3 Å². The molecule has 0 bridgehead atoms. The fourth-order valence-electron chi connectivity index (χ4n) is 2.47. The van der Waals surface area contributed by atoms with Crippen molar-refractivity contribution in [2.75, 3.05) is 0 Å². The molecule has 0 saturated heterocycles. The van der Waals surface area contributed by atoms with Crippen molar-refractivity contribution in [2.45, 2.75) is 31.1 Å². The molecule has 2 N–H and O–H groups in total. The fourth-order valence-corrected chi connectivity index (χ4v) is 2.47. The predicted octanol–water partition coefficient (Wildman–Crippen LogP) is 2.43. The highest BCUT2D eigenvalue weighted by Crippen LogP contribution is 2.42. The van der Waals surface area contributed by atoms with Crippen LogP contribution in [-0.4, -0.2) is 16.2 Å². The number of hydrogen-bond donors (Lipinski definition) is 2. The highest BCUT2D eigenvalue weighted by molar-refractivity contribution is 5.82. The molecule has 0 spiro atoms. The summed E-state index contributed by atoms with van der Waals surface area (Å²) in [4.78, 5) is 11.3. The van der Waals surface area contributed by atoms with Crippen molar-refractivity contribution >= 4 is 5.97 Å². The Morgan fingerprint density at radius 2 is 1.94 bits per heavy atom. The molecule has 1 fully saturated rings. The Hall–Kier alpha value is -1.58. The van der Waals surface area contributed by atoms with E-state index in [1.54, 1.807) is 0 Å². The molecule has 1 saturated carbocycles. The molecule has 1 aromatic rings. The number of carboxylic acids is 1. The molecule has 0 atom stereocenters. The monoisotopic (exact) mass is 224 g/mol. The van der Waals surface area contributed by atoms with E-state index in [0.29, 0.717) is 12.8 Å². The van der Waals surface area contributed by atoms with Crippen LogP contribution >= 0.6 is 0 Å². The van der Waals surface area contributed by atoms with Crippen molar-refractivity contribution in [1.29, 1.82) is 0 Å². The predicted molar refractivity (Wildman–Crippen MR) is 55.8 cm³/mol. The van der Waals surface area contributed by atoms with Gasteiger partial charge in [0.05, 0.1) is 5.41 Å². The van der Waals surface area contributed by atoms with Gasteiger partial charge in [-0.1, -0.05) is 18.9 Å². The summed E-state index contributed by atoms with van der Waals surface area (Å²) in [6.07, 6.45) is 2.52. The lowest BCUT2D eigenvalue weighted by Gasteiger charge is -2.24. The summed E-state index contributed by atoms with van der Waals surface area (Å²) < 4.78 is 13.7. The standard InChI is InChI=1S/C12H13FO3/c13-10-7-8(14)3-4-9(10)12(11(15)16)5-1-2-6-12/h3-4,7,14H,1-2,5-6H2,(H,15,16). The van der Waals surface area contributed by atoms with Gasteiger partial charge in [0.2, 0.25) is 0 Å². The van der Waals surface area contributed by atoms with Crippen molar-refractivity contribution in [1.82, 2.24) is 0 Å². The van der Waals surface area contributed by atoms with Crippen molar-refractivity contribution in [3.63, 3.8) is 0 Å². The molecular formula is C12H13FO3. The molecule has 3 nitrogen and oxygen atoms in total. The summed E-state index contributed by atoms with van der Waals surface area (Å²) in [5.74, 6) is -1.79. The highest BCUT2D eigenvalue weighted by atomic mass is 19.1. The third-order valence-corrected chi connectivity index (χ3v) is 3.33. The van der Waals surface area contributed by atoms with Gasteiger partial charge < -0.3 is 10.2 Å². The number of aliphatic carboxylic acids is 1. The maximum atomic E-state index is 13.7. The lowest BCUT2D eigenvalue weighted by atomic mass is 9.78. The van der Waals surface area contributed by atoms with Crippen LogP contribution in [-0.2, 0) is 10.2 Å². The number of carboxylic acid groups (broad SMARTS) is 1. The first-order valence-corrected chi connectivity index (χ1v) is 5.29. The summed E-state index contributed by atoms with van der Waals surface area (Å²) in [7, 11) is 0. The molecule has 0 amide bonds. The first-order valence-electron chi connectivity index (χ1n) is 5.29. The molecule has 1 aromatic carbocycles. The molecule has 16 heavy (non-hydrogen) atoms. The first kappa shape index (κ1) is 10.9. The lowest BCUT2D eigenvalue weighted by molar-refractivity contribution is -0.143. The normalized spacial score (nSPS) is 18.6. The van der Waals surface area contributed by atoms with E-state index in [1.807, 2.05) is 0 Å². The Morgan fingerprint density at radius 3 is 2.44 bits per heavy atom. The van der Waals surface area contributed by atoms with Crippen LogP contribution in [0.5, 0.6) is 5.75 Å². The Morgan fingerprint density at radius 1 is 1.31 bits per heavy atom. The van der Waals surface area contributed by atoms with Crippen LogP contribution in [0.3, 0.4) is 0 Å². The van der Waals surface area contributed by atoms with Crippen LogP contribution in [0.1, 0.15) is 31.2 Å². The maximum absolute atomic E-state index is 13.7. The van der Waals surface area contributed by atoms with Crippen molar-refractivity contribution in [2.24, 2.45) is 0 Å². The molecule has 2 rings (SSSR count). The zero-order chi connectivity index (χ0) is 11.8. The lowest BCUT2D eigenvalue weighted by Crippen LogP contribution is -2.33. The Kier molecular flexibility index (Phi) is 2.58. The fraction of sp³-hybridized carbons (Fsp3) is 0.417. The van der Waals surface area contributed by atoms with Crippen molar-refractivity contribution in [3.8, 4) is 5.75 Å². The van der Waals surface area contributed by atoms with E-state index >= 15 is 0 Å². The number of phenols is 1. The Bertz CT molecular complexity index is 422. The van der Waals surface area contributed by atoms with Crippen LogP contribution < -0.4 is 0 Å². The SMILES string of the molecule is O=C(O)C1(c2ccc(O)cc2F)CCCC1. The molecule has 0 aliphatic heterocycles. The van der Waals surface area contributed by atoms with Gasteiger partial charge in [-0.05, 0) is 18.9 Å². The summed E-state index contributed by atoms with van der Waals surface area (Å²) in [5.41, 5.74) is -0.909. The van der Waals surface area contributed by atoms with Gasteiger partial charge in [-0.3, -0.25) is 4.79 Å². The average molecular weight is 224 g/mol. The largest absolute Gasteiger partial charge is 0.508 e. The molecule has 4 heteroatoms. The van der Waals surface area contributed by atoms with E-state index in [0.717, 1.165) is 18.9 Å². The van der Waals surface area contributed by atoms with Crippen LogP contribution in [0.4, 0.5) is 4.39 Å². The van der Waals surface area contributed by atoms with Gasteiger partial charge in [0.1, 0.15) is 11.6 Å². The van der Waals surface area contributed by atoms with Crippen LogP contribution in [0.2, 0.25) is 0 Å². The minimum atomic E-state index is -1.10. The van der Waals surface area contributed by atoms with E-state index in [2.05, 4.69) is 0 Å². The van der Waals surface area contributed by atoms with Crippen LogP contribution in [0.15, 0.2) is 18.2 Å². The molecule has 1 aliphatic rings. The minimum absolute atomic E-state index is 0.181. The van der Waals surface area contributed by atoms with E-state index in [-0.39, 0.29) is 11.3 Å². The molecule has 0 unspecified atom stereocenters. The second kappa shape index (κ2) is 3.77. The maximum Gasteiger partial charge on any atom is 0.314 e. The van der Waals surface area contributed by atoms with Gasteiger partial charge in [0, 0.05) is 11.6 Å². The average Bonchev–Trinajstić information content (AvgIpc) is 2.67. The molecule has 0 heterocycles. The Balaban J connectivity index is 2.51. The molecule has 0 aromatic heterocycles. The van der Waals surface area contributed by atoms with Crippen LogP contribution in [0.25, 0.3) is 0 Å². The zero-order valence-corrected chi connectivity index (χ0v) is 8.74. The quantitative estimate of drug-likeness (QED) is 0.811. The molecule has 1 aliphatic carbocycles. The van der Waals surface area contributed by atoms with Gasteiger partial charge in [0.25, 0.3) is 0 Å². The number of hydrogen-bond acceptors (Lipinski definition) is 2. The van der Waals surface area contributed by atoms with Gasteiger partial charge >= 0.3 is 5.97 Å². The smallest absolute Gasteiger partial charge is 0.314 e. The van der Waals surface area contributed by atoms with E-state index in [4.69, 9.17) is 5.11 Å². The van der Waals surface area contributed by atoms with Gasteiger partial charge in [-0.15, -0.1) is 0 Å². The van der Waals surface area contributed by atoms with Gasteiger partial charge in [-0.2, -0.15) is 0 Å². The third-order valence-electron chi connectivity index (χ3n) is 3.33. The summed E-state index contributed by atoms with van der Waals surface area (Å²) in [6.45, 7) is 0. The topological polar surface area (TPSA) is 57.5 Å². The molecule has 86 valence electrons. The minimum Gasteiger partial charge on any atom is -0.508 e. The van der Waals surface area contributed by atoms with E-state index < -0.39 is 17.2 Å². The summed E-state index contributed by atoms with van der Waals surface area (Å²) in [6, 6.07) is 3.68. The number of phenolic OH excluding ortho intramolecular Hbond substituents is 1. The second-order valence-electron chi connectivity index (χ2n) is 4.26. The molecular weight excluding hydrogens is 211 g/mol. The number of benzene rings is 1. The Labute approximate surface area is 92.5 Å². The molecule has 0 radical (unpaired) electrons. The number of aromatic hydroxyl groups is 1. The zero-order valence-electron chi connectivity index (χ0n) is 8.74. The van der Waals surface area contributed by atoms with Crippen LogP contribution in [0, 0.1) is 5.82 Å². The van der Waals surface area contributed by atoms with Gasteiger partial charge in [0.15, 0.2) is 0 Å². The van der Waals surface area contributed by atoms with Gasteiger partial charge in [-0.25, -0.2) is 4.39 Å². The number of rotatable bonds is 2. The van der Waals surface area contributed by atoms with E-state index in [1.165, 1.54) is 12.1 Å². The summed E-state index contributed by atoms with van der Waals surface area (Å²) >= 11 is 0. The van der Waals surface area contributed by atoms with Crippen molar-refractivity contribution < 1.29 is 19.4 Å². The third kappa shape index (κ3) is 1.54. The first-order chi connectivity index (χ1) is 7.56. The number of halogens is 1. The number of carbonyl (C=O) groups is 1.